The summed E-state index contributed by atoms with van der Waals surface area (Å²) in [5.41, 5.74) is 0.763. The van der Waals surface area contributed by atoms with E-state index >= 15 is 0 Å². The number of unbranched alkanes of at least 4 members (excludes halogenated alkanes) is 5. The Balaban J connectivity index is 2.44. The van der Waals surface area contributed by atoms with Crippen molar-refractivity contribution in [3.8, 4) is 6.07 Å². The van der Waals surface area contributed by atoms with E-state index in [1.54, 1.807) is 12.1 Å². The molecular formula is C15H21N3O2. The van der Waals surface area contributed by atoms with Crippen LogP contribution in [0.3, 0.4) is 0 Å². The first kappa shape index (κ1) is 16.0. The Morgan fingerprint density at radius 3 is 2.60 bits per heavy atom. The molecule has 108 valence electrons. The van der Waals surface area contributed by atoms with E-state index in [0.29, 0.717) is 11.3 Å². The largest absolute Gasteiger partial charge is 0.379 e. The van der Waals surface area contributed by atoms with E-state index in [1.165, 1.54) is 31.7 Å². The minimum atomic E-state index is -0.454. The van der Waals surface area contributed by atoms with E-state index in [1.807, 2.05) is 6.07 Å². The molecule has 0 amide bonds. The molecule has 0 aliphatic heterocycles. The lowest BCUT2D eigenvalue weighted by molar-refractivity contribution is -0.384. The van der Waals surface area contributed by atoms with Crippen LogP contribution in [-0.2, 0) is 0 Å². The van der Waals surface area contributed by atoms with E-state index in [0.717, 1.165) is 19.4 Å². The lowest BCUT2D eigenvalue weighted by Crippen LogP contribution is -2.04. The van der Waals surface area contributed by atoms with Crippen LogP contribution in [0, 0.1) is 21.4 Å². The van der Waals surface area contributed by atoms with Crippen molar-refractivity contribution in [3.63, 3.8) is 0 Å². The van der Waals surface area contributed by atoms with Crippen LogP contribution in [0.25, 0.3) is 0 Å². The average molecular weight is 275 g/mol. The molecule has 1 rings (SSSR count). The van der Waals surface area contributed by atoms with Gasteiger partial charge in [0.1, 0.15) is 5.69 Å². The highest BCUT2D eigenvalue weighted by molar-refractivity contribution is 5.63. The molecule has 0 saturated carbocycles. The minimum absolute atomic E-state index is 0.0324. The second kappa shape index (κ2) is 8.92. The quantitative estimate of drug-likeness (QED) is 0.415. The Morgan fingerprint density at radius 2 is 1.95 bits per heavy atom. The molecule has 0 heterocycles. The summed E-state index contributed by atoms with van der Waals surface area (Å²) in [6, 6.07) is 6.42. The molecule has 1 aromatic carbocycles. The molecule has 5 nitrogen and oxygen atoms in total. The van der Waals surface area contributed by atoms with Gasteiger partial charge >= 0.3 is 0 Å². The van der Waals surface area contributed by atoms with Crippen LogP contribution in [0.5, 0.6) is 0 Å². The van der Waals surface area contributed by atoms with E-state index in [4.69, 9.17) is 5.26 Å². The molecule has 0 atom stereocenters. The summed E-state index contributed by atoms with van der Waals surface area (Å²) in [7, 11) is 0. The number of nitro benzene ring substituents is 1. The van der Waals surface area contributed by atoms with E-state index in [9.17, 15) is 10.1 Å². The fourth-order valence-corrected chi connectivity index (χ4v) is 2.03. The first-order valence-electron chi connectivity index (χ1n) is 7.11. The van der Waals surface area contributed by atoms with E-state index in [2.05, 4.69) is 12.2 Å². The molecule has 0 spiro atoms. The van der Waals surface area contributed by atoms with Crippen LogP contribution >= 0.6 is 0 Å². The van der Waals surface area contributed by atoms with Crippen LogP contribution in [0.1, 0.15) is 51.0 Å². The normalized spacial score (nSPS) is 10.0. The lowest BCUT2D eigenvalue weighted by atomic mass is 10.1. The molecule has 1 aromatic rings. The maximum atomic E-state index is 11.0. The van der Waals surface area contributed by atoms with Gasteiger partial charge in [0.25, 0.3) is 5.69 Å². The van der Waals surface area contributed by atoms with Crippen LogP contribution in [-0.4, -0.2) is 11.5 Å². The average Bonchev–Trinajstić information content (AvgIpc) is 2.46. The Bertz CT molecular complexity index is 480. The summed E-state index contributed by atoms with van der Waals surface area (Å²) in [5, 5.41) is 22.8. The van der Waals surface area contributed by atoms with Gasteiger partial charge in [-0.25, -0.2) is 0 Å². The predicted octanol–water partition coefficient (Wildman–Crippen LogP) is 4.24. The lowest BCUT2D eigenvalue weighted by Gasteiger charge is -2.07. The fraction of sp³-hybridized carbons (Fsp3) is 0.533. The smallest absolute Gasteiger partial charge is 0.293 e. The maximum absolute atomic E-state index is 11.0. The molecule has 0 radical (unpaired) electrons. The van der Waals surface area contributed by atoms with Crippen molar-refractivity contribution in [3.05, 3.63) is 33.9 Å². The zero-order chi connectivity index (χ0) is 14.8. The summed E-state index contributed by atoms with van der Waals surface area (Å²) < 4.78 is 0. The van der Waals surface area contributed by atoms with Crippen molar-refractivity contribution < 1.29 is 4.92 Å². The number of nitrogens with one attached hydrogen (secondary N) is 1. The zero-order valence-electron chi connectivity index (χ0n) is 11.9. The van der Waals surface area contributed by atoms with Crippen molar-refractivity contribution in [2.75, 3.05) is 11.9 Å². The van der Waals surface area contributed by atoms with Gasteiger partial charge < -0.3 is 5.32 Å². The van der Waals surface area contributed by atoms with Crippen molar-refractivity contribution in [2.45, 2.75) is 45.4 Å². The van der Waals surface area contributed by atoms with Gasteiger partial charge in [-0.3, -0.25) is 10.1 Å². The summed E-state index contributed by atoms with van der Waals surface area (Å²) in [5.74, 6) is 0. The SMILES string of the molecule is CCCCCCCCNc1ccc(C#N)cc1[N+](=O)[O-]. The Hall–Kier alpha value is -2.09. The number of anilines is 1. The zero-order valence-corrected chi connectivity index (χ0v) is 11.9. The van der Waals surface area contributed by atoms with Gasteiger partial charge in [0.2, 0.25) is 0 Å². The molecule has 0 bridgehead atoms. The Kier molecular flexibility index (Phi) is 7.12. The number of nitrogens with zero attached hydrogens (tertiary/aromatic N) is 2. The van der Waals surface area contributed by atoms with Crippen molar-refractivity contribution in [1.82, 2.24) is 0 Å². The summed E-state index contributed by atoms with van der Waals surface area (Å²) in [6.45, 7) is 2.91. The summed E-state index contributed by atoms with van der Waals surface area (Å²) in [4.78, 5) is 10.5. The molecule has 20 heavy (non-hydrogen) atoms. The van der Waals surface area contributed by atoms with Crippen molar-refractivity contribution in [1.29, 1.82) is 5.26 Å². The van der Waals surface area contributed by atoms with Gasteiger partial charge in [-0.15, -0.1) is 0 Å². The summed E-state index contributed by atoms with van der Waals surface area (Å²) >= 11 is 0. The monoisotopic (exact) mass is 275 g/mol. The van der Waals surface area contributed by atoms with Crippen molar-refractivity contribution in [2.24, 2.45) is 0 Å². The third-order valence-corrected chi connectivity index (χ3v) is 3.17. The van der Waals surface area contributed by atoms with Crippen LogP contribution in [0.15, 0.2) is 18.2 Å². The number of benzene rings is 1. The number of hydrogen-bond donors (Lipinski definition) is 1. The molecule has 5 heteroatoms. The molecule has 0 aliphatic rings. The molecule has 0 aliphatic carbocycles. The van der Waals surface area contributed by atoms with Gasteiger partial charge in [-0.05, 0) is 18.6 Å². The Morgan fingerprint density at radius 1 is 1.25 bits per heavy atom. The van der Waals surface area contributed by atoms with Crippen LogP contribution in [0.2, 0.25) is 0 Å². The van der Waals surface area contributed by atoms with Gasteiger partial charge in [0, 0.05) is 12.6 Å². The van der Waals surface area contributed by atoms with Crippen LogP contribution < -0.4 is 5.32 Å². The highest BCUT2D eigenvalue weighted by Crippen LogP contribution is 2.25. The third kappa shape index (κ3) is 5.27. The first-order valence-corrected chi connectivity index (χ1v) is 7.11. The number of nitro groups is 1. The molecular weight excluding hydrogens is 254 g/mol. The molecule has 0 saturated heterocycles. The first-order chi connectivity index (χ1) is 9.69. The van der Waals surface area contributed by atoms with Gasteiger partial charge in [-0.2, -0.15) is 5.26 Å². The van der Waals surface area contributed by atoms with Gasteiger partial charge in [0.15, 0.2) is 0 Å². The topological polar surface area (TPSA) is 79.0 Å². The second-order valence-corrected chi connectivity index (χ2v) is 4.80. The van der Waals surface area contributed by atoms with E-state index < -0.39 is 4.92 Å². The standard InChI is InChI=1S/C15H21N3O2/c1-2-3-4-5-6-7-10-17-14-9-8-13(12-16)11-15(14)18(19)20/h8-9,11,17H,2-7,10H2,1H3. The highest BCUT2D eigenvalue weighted by atomic mass is 16.6. The third-order valence-electron chi connectivity index (χ3n) is 3.17. The minimum Gasteiger partial charge on any atom is -0.379 e. The van der Waals surface area contributed by atoms with Crippen molar-refractivity contribution >= 4 is 11.4 Å². The molecule has 0 aromatic heterocycles. The van der Waals surface area contributed by atoms with E-state index in [-0.39, 0.29) is 5.69 Å². The summed E-state index contributed by atoms with van der Waals surface area (Å²) in [6.07, 6.45) is 7.11. The fourth-order valence-electron chi connectivity index (χ4n) is 2.03. The predicted molar refractivity (Wildman–Crippen MR) is 79.7 cm³/mol. The van der Waals surface area contributed by atoms with Crippen LogP contribution in [0.4, 0.5) is 11.4 Å². The van der Waals surface area contributed by atoms with Gasteiger partial charge in [-0.1, -0.05) is 39.0 Å². The Labute approximate surface area is 119 Å². The number of nitriles is 1. The molecule has 0 unspecified atom stereocenters. The van der Waals surface area contributed by atoms with Gasteiger partial charge in [0.05, 0.1) is 16.6 Å². The second-order valence-electron chi connectivity index (χ2n) is 4.80. The molecule has 1 N–H and O–H groups in total. The maximum Gasteiger partial charge on any atom is 0.293 e. The number of hydrogen-bond acceptors (Lipinski definition) is 4. The molecule has 0 fully saturated rings. The highest BCUT2D eigenvalue weighted by Gasteiger charge is 2.13. The number of rotatable bonds is 9.